The first-order valence-corrected chi connectivity index (χ1v) is 22.2. The number of fused-ring (bicyclic) bond motifs is 2. The van der Waals surface area contributed by atoms with Gasteiger partial charge in [0.15, 0.2) is 0 Å². The second-order valence-electron chi connectivity index (χ2n) is 16.5. The van der Waals surface area contributed by atoms with Crippen molar-refractivity contribution >= 4 is 45.3 Å². The summed E-state index contributed by atoms with van der Waals surface area (Å²) in [5, 5.41) is 2.46. The lowest BCUT2D eigenvalue weighted by Gasteiger charge is -2.34. The minimum atomic E-state index is 0.226. The number of anilines is 5. The molecule has 0 aromatic heterocycles. The van der Waals surface area contributed by atoms with Gasteiger partial charge in [-0.15, -0.1) is 0 Å². The Hall–Kier alpha value is -8.20. The Balaban J connectivity index is 0.821. The molecular formula is C62H46N2. The highest BCUT2D eigenvalue weighted by molar-refractivity contribution is 5.90. The Morgan fingerprint density at radius 3 is 1.34 bits per heavy atom. The van der Waals surface area contributed by atoms with E-state index < -0.39 is 0 Å². The maximum absolute atomic E-state index is 2.46. The molecule has 10 aromatic carbocycles. The highest BCUT2D eigenvalue weighted by Crippen LogP contribution is 2.39. The van der Waals surface area contributed by atoms with Crippen LogP contribution in [0.5, 0.6) is 0 Å². The summed E-state index contributed by atoms with van der Waals surface area (Å²) in [4.78, 5) is 4.79. The molecule has 0 aliphatic heterocycles. The average molecular weight is 819 g/mol. The van der Waals surface area contributed by atoms with Gasteiger partial charge >= 0.3 is 0 Å². The second-order valence-corrected chi connectivity index (χ2v) is 16.5. The normalized spacial score (nSPS) is 13.0. The molecule has 1 aliphatic carbocycles. The summed E-state index contributed by atoms with van der Waals surface area (Å²) in [5.74, 6) is 0. The summed E-state index contributed by atoms with van der Waals surface area (Å²) in [6.07, 6.45) is 5.59. The van der Waals surface area contributed by atoms with Gasteiger partial charge in [0.05, 0.1) is 6.04 Å². The molecule has 0 spiro atoms. The number of para-hydroxylation sites is 2. The Morgan fingerprint density at radius 2 is 0.734 bits per heavy atom. The molecule has 0 bridgehead atoms. The maximum atomic E-state index is 2.46. The second kappa shape index (κ2) is 17.3. The summed E-state index contributed by atoms with van der Waals surface area (Å²) < 4.78 is 0. The molecular weight excluding hydrogens is 773 g/mol. The van der Waals surface area contributed by atoms with Gasteiger partial charge in [-0.25, -0.2) is 0 Å². The average Bonchev–Trinajstić information content (AvgIpc) is 3.38. The summed E-state index contributed by atoms with van der Waals surface area (Å²) >= 11 is 0. The van der Waals surface area contributed by atoms with Crippen molar-refractivity contribution < 1.29 is 0 Å². The Labute approximate surface area is 376 Å². The third kappa shape index (κ3) is 7.79. The monoisotopic (exact) mass is 818 g/mol. The zero-order valence-electron chi connectivity index (χ0n) is 35.5. The molecule has 0 amide bonds. The largest absolute Gasteiger partial charge is 0.334 e. The molecule has 10 aromatic rings. The van der Waals surface area contributed by atoms with E-state index in [0.29, 0.717) is 0 Å². The molecule has 0 heterocycles. The number of rotatable bonds is 10. The lowest BCUT2D eigenvalue weighted by atomic mass is 9.92. The van der Waals surface area contributed by atoms with Crippen molar-refractivity contribution in [1.82, 2.24) is 0 Å². The third-order valence-electron chi connectivity index (χ3n) is 12.6. The van der Waals surface area contributed by atoms with E-state index in [9.17, 15) is 0 Å². The van der Waals surface area contributed by atoms with Gasteiger partial charge in [-0.3, -0.25) is 0 Å². The number of hydrogen-bond donors (Lipinski definition) is 0. The van der Waals surface area contributed by atoms with E-state index in [2.05, 4.69) is 271 Å². The number of nitrogens with zero attached hydrogens (tertiary/aromatic N) is 2. The minimum absolute atomic E-state index is 0.226. The molecule has 0 saturated heterocycles. The quantitative estimate of drug-likeness (QED) is 0.136. The van der Waals surface area contributed by atoms with Gasteiger partial charge in [0.2, 0.25) is 0 Å². The molecule has 0 fully saturated rings. The van der Waals surface area contributed by atoms with Crippen molar-refractivity contribution in [1.29, 1.82) is 0 Å². The van der Waals surface area contributed by atoms with Crippen molar-refractivity contribution in [2.45, 2.75) is 12.5 Å². The fraction of sp³-hybridized carbons (Fsp3) is 0.0323. The van der Waals surface area contributed by atoms with Gasteiger partial charge in [0.1, 0.15) is 0 Å². The number of benzene rings is 10. The van der Waals surface area contributed by atoms with Crippen LogP contribution >= 0.6 is 0 Å². The van der Waals surface area contributed by atoms with Crippen LogP contribution in [-0.4, -0.2) is 6.04 Å². The van der Waals surface area contributed by atoms with Crippen LogP contribution in [0, 0.1) is 0 Å². The minimum Gasteiger partial charge on any atom is -0.334 e. The topological polar surface area (TPSA) is 6.48 Å². The molecule has 11 rings (SSSR count). The highest BCUT2D eigenvalue weighted by Gasteiger charge is 2.23. The first-order valence-electron chi connectivity index (χ1n) is 22.2. The predicted octanol–water partition coefficient (Wildman–Crippen LogP) is 16.8. The lowest BCUT2D eigenvalue weighted by Crippen LogP contribution is -2.32. The molecule has 0 saturated carbocycles. The Morgan fingerprint density at radius 1 is 0.312 bits per heavy atom. The zero-order chi connectivity index (χ0) is 42.7. The van der Waals surface area contributed by atoms with Crippen LogP contribution in [0.25, 0.3) is 61.4 Å². The molecule has 64 heavy (non-hydrogen) atoms. The first-order chi connectivity index (χ1) is 31.7. The summed E-state index contributed by atoms with van der Waals surface area (Å²) in [6, 6.07) is 90.3. The van der Waals surface area contributed by atoms with Gasteiger partial charge in [-0.1, -0.05) is 200 Å². The van der Waals surface area contributed by atoms with Crippen LogP contribution in [0.1, 0.15) is 11.1 Å². The SMILES string of the molecule is C1=CC(N(c2ccccc2)c2ccc(-c3ccc(-c4ccccc4-c4ccc(-c5ccc(N(c6ccccc6)c6ccc7ccccc7c6)cc5)cc4)cc3)cc2)Cc2ccccc21. The fourth-order valence-corrected chi connectivity index (χ4v) is 9.32. The van der Waals surface area contributed by atoms with E-state index in [-0.39, 0.29) is 6.04 Å². The maximum Gasteiger partial charge on any atom is 0.0566 e. The van der Waals surface area contributed by atoms with Gasteiger partial charge < -0.3 is 9.80 Å². The van der Waals surface area contributed by atoms with E-state index in [4.69, 9.17) is 0 Å². The summed E-state index contributed by atoms with van der Waals surface area (Å²) in [7, 11) is 0. The molecule has 304 valence electrons. The first kappa shape index (κ1) is 38.7. The van der Waals surface area contributed by atoms with Crippen molar-refractivity contribution in [3.8, 4) is 44.5 Å². The van der Waals surface area contributed by atoms with Crippen molar-refractivity contribution in [3.05, 3.63) is 266 Å². The molecule has 1 unspecified atom stereocenters. The third-order valence-corrected chi connectivity index (χ3v) is 12.6. The van der Waals surface area contributed by atoms with E-state index in [1.165, 1.54) is 77.8 Å². The van der Waals surface area contributed by atoms with E-state index in [0.717, 1.165) is 23.5 Å². The van der Waals surface area contributed by atoms with Gasteiger partial charge in [-0.05, 0) is 133 Å². The smallest absolute Gasteiger partial charge is 0.0566 e. The van der Waals surface area contributed by atoms with E-state index >= 15 is 0 Å². The molecule has 0 radical (unpaired) electrons. The van der Waals surface area contributed by atoms with Gasteiger partial charge in [0, 0.05) is 28.4 Å². The van der Waals surface area contributed by atoms with Crippen LogP contribution in [0.15, 0.2) is 255 Å². The number of hydrogen-bond acceptors (Lipinski definition) is 2. The standard InChI is InChI=1S/C62H46N2/c1-3-17-55(18-4-1)63(59-41-35-45-13-7-9-15-53(45)43-59)57-37-31-49(32-38-57)47-23-27-51(28-24-47)61-21-11-12-22-62(61)52-29-25-48(26-30-52)50-33-39-58(40-34-50)64(56-19-5-2-6-20-56)60-42-36-46-14-8-10-16-54(46)44-60/h1-43,60H,44H2. The van der Waals surface area contributed by atoms with Crippen molar-refractivity contribution in [2.24, 2.45) is 0 Å². The Bertz CT molecular complexity index is 3210. The molecule has 1 aliphatic rings. The highest BCUT2D eigenvalue weighted by atomic mass is 15.2. The molecule has 2 nitrogen and oxygen atoms in total. The zero-order valence-corrected chi connectivity index (χ0v) is 35.5. The lowest BCUT2D eigenvalue weighted by molar-refractivity contribution is 0.767. The molecule has 0 N–H and O–H groups in total. The van der Waals surface area contributed by atoms with Crippen LogP contribution in [0.3, 0.4) is 0 Å². The van der Waals surface area contributed by atoms with E-state index in [1.807, 2.05) is 0 Å². The van der Waals surface area contributed by atoms with Gasteiger partial charge in [0.25, 0.3) is 0 Å². The van der Waals surface area contributed by atoms with Crippen molar-refractivity contribution in [2.75, 3.05) is 9.80 Å². The van der Waals surface area contributed by atoms with Crippen LogP contribution in [0.4, 0.5) is 28.4 Å². The molecule has 1 atom stereocenters. The van der Waals surface area contributed by atoms with Crippen LogP contribution in [-0.2, 0) is 6.42 Å². The summed E-state index contributed by atoms with van der Waals surface area (Å²) in [6.45, 7) is 0. The Kier molecular flexibility index (Phi) is 10.5. The molecule has 2 heteroatoms. The predicted molar refractivity (Wildman–Crippen MR) is 272 cm³/mol. The fourth-order valence-electron chi connectivity index (χ4n) is 9.32. The van der Waals surface area contributed by atoms with E-state index in [1.54, 1.807) is 0 Å². The van der Waals surface area contributed by atoms with Crippen molar-refractivity contribution in [3.63, 3.8) is 0 Å². The summed E-state index contributed by atoms with van der Waals surface area (Å²) in [5.41, 5.74) is 18.1. The van der Waals surface area contributed by atoms with Crippen LogP contribution in [0.2, 0.25) is 0 Å². The van der Waals surface area contributed by atoms with Crippen LogP contribution < -0.4 is 9.80 Å². The van der Waals surface area contributed by atoms with Gasteiger partial charge in [-0.2, -0.15) is 0 Å².